The number of thiazole rings is 1. The van der Waals surface area contributed by atoms with Crippen LogP contribution in [-0.2, 0) is 9.59 Å². The Kier molecular flexibility index (Phi) is 4.31. The van der Waals surface area contributed by atoms with E-state index in [0.717, 1.165) is 22.7 Å². The number of carboxylic acids is 1. The molecule has 1 aromatic rings. The van der Waals surface area contributed by atoms with Crippen LogP contribution in [0.5, 0.6) is 0 Å². The van der Waals surface area contributed by atoms with Crippen LogP contribution < -0.4 is 0 Å². The third-order valence-corrected chi connectivity index (χ3v) is 3.98. The van der Waals surface area contributed by atoms with Crippen molar-refractivity contribution in [2.45, 2.75) is 32.2 Å². The second-order valence-corrected chi connectivity index (χ2v) is 5.76. The van der Waals surface area contributed by atoms with Crippen LogP contribution in [0.3, 0.4) is 0 Å². The highest BCUT2D eigenvalue weighted by atomic mass is 32.1. The Labute approximate surface area is 115 Å². The van der Waals surface area contributed by atoms with Crippen molar-refractivity contribution in [3.63, 3.8) is 0 Å². The van der Waals surface area contributed by atoms with Gasteiger partial charge in [-0.15, -0.1) is 11.3 Å². The Morgan fingerprint density at radius 1 is 1.53 bits per heavy atom. The highest BCUT2D eigenvalue weighted by Gasteiger charge is 2.30. The van der Waals surface area contributed by atoms with E-state index < -0.39 is 12.0 Å². The molecule has 19 heavy (non-hydrogen) atoms. The van der Waals surface area contributed by atoms with E-state index in [-0.39, 0.29) is 5.91 Å². The van der Waals surface area contributed by atoms with Gasteiger partial charge < -0.3 is 10.0 Å². The predicted octanol–water partition coefficient (Wildman–Crippen LogP) is 1.93. The van der Waals surface area contributed by atoms with Crippen molar-refractivity contribution in [3.05, 3.63) is 22.2 Å². The first-order chi connectivity index (χ1) is 9.08. The van der Waals surface area contributed by atoms with Crippen molar-refractivity contribution in [1.82, 2.24) is 9.88 Å². The monoisotopic (exact) mass is 280 g/mol. The zero-order chi connectivity index (χ0) is 13.8. The Morgan fingerprint density at radius 2 is 2.32 bits per heavy atom. The molecule has 5 nitrogen and oxygen atoms in total. The van der Waals surface area contributed by atoms with Crippen LogP contribution in [0.25, 0.3) is 6.08 Å². The normalized spacial score (nSPS) is 19.8. The molecule has 1 unspecified atom stereocenters. The molecule has 0 radical (unpaired) electrons. The predicted molar refractivity (Wildman–Crippen MR) is 72.9 cm³/mol. The number of hydrogen-bond acceptors (Lipinski definition) is 4. The Balaban J connectivity index is 2.05. The number of likely N-dealkylation sites (tertiary alicyclic amines) is 1. The summed E-state index contributed by atoms with van der Waals surface area (Å²) in [5.41, 5.74) is 0. The molecule has 0 saturated carbocycles. The van der Waals surface area contributed by atoms with Crippen LogP contribution in [0, 0.1) is 6.92 Å². The van der Waals surface area contributed by atoms with Crippen LogP contribution in [0.4, 0.5) is 0 Å². The van der Waals surface area contributed by atoms with E-state index in [1.807, 2.05) is 6.92 Å². The largest absolute Gasteiger partial charge is 0.480 e. The second kappa shape index (κ2) is 5.97. The van der Waals surface area contributed by atoms with E-state index in [9.17, 15) is 9.59 Å². The van der Waals surface area contributed by atoms with Gasteiger partial charge in [0.15, 0.2) is 0 Å². The minimum atomic E-state index is -0.921. The zero-order valence-electron chi connectivity index (χ0n) is 10.7. The average molecular weight is 280 g/mol. The van der Waals surface area contributed by atoms with Crippen molar-refractivity contribution < 1.29 is 14.7 Å². The molecule has 1 N–H and O–H groups in total. The van der Waals surface area contributed by atoms with E-state index in [2.05, 4.69) is 4.98 Å². The third-order valence-electron chi connectivity index (χ3n) is 3.10. The summed E-state index contributed by atoms with van der Waals surface area (Å²) in [6, 6.07) is -0.686. The van der Waals surface area contributed by atoms with Crippen molar-refractivity contribution in [2.24, 2.45) is 0 Å². The van der Waals surface area contributed by atoms with Gasteiger partial charge >= 0.3 is 5.97 Å². The number of aromatic nitrogens is 1. The van der Waals surface area contributed by atoms with E-state index in [4.69, 9.17) is 5.11 Å². The molecule has 0 aliphatic carbocycles. The zero-order valence-corrected chi connectivity index (χ0v) is 11.5. The van der Waals surface area contributed by atoms with Crippen LogP contribution in [0.2, 0.25) is 0 Å². The van der Waals surface area contributed by atoms with E-state index in [1.54, 1.807) is 12.3 Å². The van der Waals surface area contributed by atoms with Gasteiger partial charge in [0.1, 0.15) is 6.04 Å². The molecule has 1 aromatic heterocycles. The summed E-state index contributed by atoms with van der Waals surface area (Å²) in [6.45, 7) is 2.41. The molecule has 102 valence electrons. The minimum Gasteiger partial charge on any atom is -0.480 e. The minimum absolute atomic E-state index is 0.238. The summed E-state index contributed by atoms with van der Waals surface area (Å²) >= 11 is 1.50. The number of piperidine rings is 1. The van der Waals surface area contributed by atoms with Gasteiger partial charge in [-0.05, 0) is 32.3 Å². The molecule has 0 bridgehead atoms. The summed E-state index contributed by atoms with van der Waals surface area (Å²) in [5.74, 6) is -1.16. The first kappa shape index (κ1) is 13.7. The molecule has 1 atom stereocenters. The van der Waals surface area contributed by atoms with Gasteiger partial charge in [-0.3, -0.25) is 4.79 Å². The molecule has 6 heteroatoms. The number of aliphatic carboxylic acids is 1. The van der Waals surface area contributed by atoms with Gasteiger partial charge in [-0.25, -0.2) is 9.78 Å². The first-order valence-electron chi connectivity index (χ1n) is 6.22. The third kappa shape index (κ3) is 3.41. The van der Waals surface area contributed by atoms with E-state index in [0.29, 0.717) is 13.0 Å². The molecular weight excluding hydrogens is 264 g/mol. The summed E-state index contributed by atoms with van der Waals surface area (Å²) in [7, 11) is 0. The fourth-order valence-electron chi connectivity index (χ4n) is 2.16. The van der Waals surface area contributed by atoms with Gasteiger partial charge in [-0.2, -0.15) is 0 Å². The van der Waals surface area contributed by atoms with Crippen LogP contribution >= 0.6 is 11.3 Å². The topological polar surface area (TPSA) is 70.5 Å². The standard InChI is InChI=1S/C13H16N2O3S/c1-9-14-8-10(19-9)5-6-12(16)15-7-3-2-4-11(15)13(17)18/h5-6,8,11H,2-4,7H2,1H3,(H,17,18)/b6-5+. The fraction of sp³-hybridized carbons (Fsp3) is 0.462. The molecule has 1 aliphatic rings. The molecule has 2 heterocycles. The molecule has 0 spiro atoms. The molecule has 1 fully saturated rings. The van der Waals surface area contributed by atoms with Gasteiger partial charge in [0.2, 0.25) is 5.91 Å². The van der Waals surface area contributed by atoms with Crippen molar-refractivity contribution >= 4 is 29.3 Å². The lowest BCUT2D eigenvalue weighted by molar-refractivity contribution is -0.150. The fourth-order valence-corrected chi connectivity index (χ4v) is 2.84. The number of carbonyl (C=O) groups is 2. The van der Waals surface area contributed by atoms with Crippen molar-refractivity contribution in [2.75, 3.05) is 6.54 Å². The lowest BCUT2D eigenvalue weighted by atomic mass is 10.0. The summed E-state index contributed by atoms with van der Waals surface area (Å²) < 4.78 is 0. The smallest absolute Gasteiger partial charge is 0.326 e. The van der Waals surface area contributed by atoms with Crippen molar-refractivity contribution in [1.29, 1.82) is 0 Å². The average Bonchev–Trinajstić information content (AvgIpc) is 2.81. The van der Waals surface area contributed by atoms with Crippen molar-refractivity contribution in [3.8, 4) is 0 Å². The SMILES string of the molecule is Cc1ncc(/C=C/C(=O)N2CCCCC2C(=O)O)s1. The van der Waals surface area contributed by atoms with Crippen LogP contribution in [0.15, 0.2) is 12.3 Å². The molecule has 1 amide bonds. The number of rotatable bonds is 3. The summed E-state index contributed by atoms with van der Waals surface area (Å²) in [5, 5.41) is 10.1. The first-order valence-corrected chi connectivity index (χ1v) is 7.03. The number of carbonyl (C=O) groups excluding carboxylic acids is 1. The number of hydrogen-bond donors (Lipinski definition) is 1. The lowest BCUT2D eigenvalue weighted by Gasteiger charge is -2.32. The van der Waals surface area contributed by atoms with E-state index >= 15 is 0 Å². The molecule has 2 rings (SSSR count). The van der Waals surface area contributed by atoms with Crippen LogP contribution in [-0.4, -0.2) is 39.5 Å². The molecule has 1 aliphatic heterocycles. The molecule has 1 saturated heterocycles. The highest BCUT2D eigenvalue weighted by Crippen LogP contribution is 2.19. The van der Waals surface area contributed by atoms with Gasteiger partial charge in [0.05, 0.1) is 5.01 Å². The Bertz CT molecular complexity index is 510. The maximum Gasteiger partial charge on any atom is 0.326 e. The van der Waals surface area contributed by atoms with Crippen LogP contribution in [0.1, 0.15) is 29.1 Å². The number of amides is 1. The van der Waals surface area contributed by atoms with Gasteiger partial charge in [0.25, 0.3) is 0 Å². The maximum absolute atomic E-state index is 12.1. The van der Waals surface area contributed by atoms with Gasteiger partial charge in [-0.1, -0.05) is 0 Å². The van der Waals surface area contributed by atoms with E-state index in [1.165, 1.54) is 22.3 Å². The maximum atomic E-state index is 12.1. The molecule has 0 aromatic carbocycles. The molecular formula is C13H16N2O3S. The number of carboxylic acid groups (broad SMARTS) is 1. The summed E-state index contributed by atoms with van der Waals surface area (Å²) in [4.78, 5) is 29.6. The highest BCUT2D eigenvalue weighted by molar-refractivity contribution is 7.12. The number of nitrogens with zero attached hydrogens (tertiary/aromatic N) is 2. The number of aryl methyl sites for hydroxylation is 1. The van der Waals surface area contributed by atoms with Gasteiger partial charge in [0, 0.05) is 23.7 Å². The quantitative estimate of drug-likeness (QED) is 0.859. The second-order valence-electron chi connectivity index (χ2n) is 4.50. The lowest BCUT2D eigenvalue weighted by Crippen LogP contribution is -2.47. The Morgan fingerprint density at radius 3 is 2.95 bits per heavy atom. The summed E-state index contributed by atoms with van der Waals surface area (Å²) in [6.07, 6.45) is 7.10. The Hall–Kier alpha value is -1.69.